The van der Waals surface area contributed by atoms with Crippen LogP contribution in [-0.2, 0) is 17.9 Å². The minimum atomic E-state index is -0.121. The Morgan fingerprint density at radius 1 is 1.10 bits per heavy atom. The molecular formula is C23H21ClN4O2. The number of fused-ring (bicyclic) bond motifs is 1. The van der Waals surface area contributed by atoms with Crippen LogP contribution in [-0.4, -0.2) is 20.4 Å². The summed E-state index contributed by atoms with van der Waals surface area (Å²) in [6.07, 6.45) is 3.43. The Kier molecular flexibility index (Phi) is 5.95. The van der Waals surface area contributed by atoms with Crippen molar-refractivity contribution in [3.8, 4) is 5.75 Å². The number of imidazole rings is 1. The zero-order valence-electron chi connectivity index (χ0n) is 16.5. The molecule has 2 heterocycles. The van der Waals surface area contributed by atoms with Crippen molar-refractivity contribution < 1.29 is 9.53 Å². The molecule has 4 rings (SSSR count). The van der Waals surface area contributed by atoms with Crippen molar-refractivity contribution in [1.82, 2.24) is 19.9 Å². The van der Waals surface area contributed by atoms with E-state index in [0.29, 0.717) is 16.6 Å². The zero-order valence-corrected chi connectivity index (χ0v) is 17.2. The van der Waals surface area contributed by atoms with Crippen molar-refractivity contribution >= 4 is 28.5 Å². The average Bonchev–Trinajstić information content (AvgIpc) is 3.11. The number of ether oxygens (including phenoxy) is 1. The quantitative estimate of drug-likeness (QED) is 0.476. The van der Waals surface area contributed by atoms with Crippen LogP contribution < -0.4 is 10.1 Å². The molecule has 0 saturated carbocycles. The van der Waals surface area contributed by atoms with Crippen LogP contribution in [0.15, 0.2) is 73.1 Å². The summed E-state index contributed by atoms with van der Waals surface area (Å²) in [6.45, 7) is 2.34. The topological polar surface area (TPSA) is 69.0 Å². The number of nitrogens with one attached hydrogen (secondary N) is 1. The molecule has 7 heteroatoms. The Bertz CT molecular complexity index is 1140. The van der Waals surface area contributed by atoms with Crippen LogP contribution in [0.25, 0.3) is 11.0 Å². The van der Waals surface area contributed by atoms with Gasteiger partial charge in [0, 0.05) is 17.4 Å². The highest BCUT2D eigenvalue weighted by Gasteiger charge is 2.16. The van der Waals surface area contributed by atoms with E-state index in [1.54, 1.807) is 36.7 Å². The van der Waals surface area contributed by atoms with Gasteiger partial charge in [-0.25, -0.2) is 4.98 Å². The highest BCUT2D eigenvalue weighted by Crippen LogP contribution is 2.20. The minimum absolute atomic E-state index is 0.102. The summed E-state index contributed by atoms with van der Waals surface area (Å²) in [5.74, 6) is 1.27. The molecule has 0 saturated heterocycles. The summed E-state index contributed by atoms with van der Waals surface area (Å²) in [5, 5.41) is 3.68. The first-order valence-electron chi connectivity index (χ1n) is 9.62. The number of carbonyl (C=O) groups excluding carboxylic acids is 1. The second-order valence-electron chi connectivity index (χ2n) is 6.92. The Hall–Kier alpha value is -3.38. The summed E-state index contributed by atoms with van der Waals surface area (Å²) in [5.41, 5.74) is 2.71. The predicted octanol–water partition coefficient (Wildman–Crippen LogP) is 4.54. The van der Waals surface area contributed by atoms with Crippen LogP contribution in [0.2, 0.25) is 5.02 Å². The third-order valence-corrected chi connectivity index (χ3v) is 5.05. The van der Waals surface area contributed by atoms with Gasteiger partial charge in [-0.1, -0.05) is 23.7 Å². The second-order valence-corrected chi connectivity index (χ2v) is 7.35. The maximum Gasteiger partial charge on any atom is 0.240 e. The van der Waals surface area contributed by atoms with Gasteiger partial charge in [-0.15, -0.1) is 0 Å². The molecule has 6 nitrogen and oxygen atoms in total. The van der Waals surface area contributed by atoms with Gasteiger partial charge in [0.1, 0.15) is 24.7 Å². The molecule has 1 unspecified atom stereocenters. The maximum atomic E-state index is 12.8. The zero-order chi connectivity index (χ0) is 20.9. The lowest BCUT2D eigenvalue weighted by Gasteiger charge is -2.16. The fraction of sp³-hybridized carbons (Fsp3) is 0.174. The molecule has 1 atom stereocenters. The maximum absolute atomic E-state index is 12.8. The molecule has 2 aromatic carbocycles. The molecule has 4 aromatic rings. The van der Waals surface area contributed by atoms with Gasteiger partial charge in [0.25, 0.3) is 0 Å². The van der Waals surface area contributed by atoms with Crippen molar-refractivity contribution in [2.75, 3.05) is 0 Å². The Labute approximate surface area is 179 Å². The number of nitrogens with zero attached hydrogens (tertiary/aromatic N) is 3. The van der Waals surface area contributed by atoms with Crippen LogP contribution in [0.3, 0.4) is 0 Å². The number of amides is 1. The Balaban J connectivity index is 1.52. The normalized spacial score (nSPS) is 11.9. The van der Waals surface area contributed by atoms with E-state index in [0.717, 1.165) is 16.6 Å². The summed E-state index contributed by atoms with van der Waals surface area (Å²) in [4.78, 5) is 21.4. The lowest BCUT2D eigenvalue weighted by Crippen LogP contribution is -2.30. The molecule has 0 aliphatic carbocycles. The van der Waals surface area contributed by atoms with Crippen molar-refractivity contribution in [1.29, 1.82) is 0 Å². The monoisotopic (exact) mass is 420 g/mol. The van der Waals surface area contributed by atoms with Gasteiger partial charge in [0.2, 0.25) is 5.91 Å². The van der Waals surface area contributed by atoms with Gasteiger partial charge in [-0.3, -0.25) is 9.78 Å². The van der Waals surface area contributed by atoms with Gasteiger partial charge >= 0.3 is 0 Å². The van der Waals surface area contributed by atoms with Gasteiger partial charge in [0.05, 0.1) is 17.1 Å². The number of benzene rings is 2. The van der Waals surface area contributed by atoms with Crippen LogP contribution >= 0.6 is 11.6 Å². The molecule has 0 spiro atoms. The van der Waals surface area contributed by atoms with E-state index in [4.69, 9.17) is 16.3 Å². The number of rotatable bonds is 7. The highest BCUT2D eigenvalue weighted by molar-refractivity contribution is 6.30. The molecule has 1 N–H and O–H groups in total. The SMILES string of the molecule is CC(NC(=O)Cn1c(COc2ccc(Cl)cc2)nc2ccccc21)c1ccncc1. The molecule has 0 radical (unpaired) electrons. The molecule has 0 fully saturated rings. The first-order valence-corrected chi connectivity index (χ1v) is 10.00. The Morgan fingerprint density at radius 2 is 1.83 bits per heavy atom. The van der Waals surface area contributed by atoms with Crippen molar-refractivity contribution in [3.63, 3.8) is 0 Å². The smallest absolute Gasteiger partial charge is 0.240 e. The lowest BCUT2D eigenvalue weighted by atomic mass is 10.1. The number of aromatic nitrogens is 3. The van der Waals surface area contributed by atoms with Crippen molar-refractivity contribution in [3.05, 3.63) is 89.5 Å². The molecule has 0 aliphatic rings. The van der Waals surface area contributed by atoms with Crippen LogP contribution in [0.5, 0.6) is 5.75 Å². The number of carbonyl (C=O) groups is 1. The second kappa shape index (κ2) is 8.97. The molecule has 0 aliphatic heterocycles. The first-order chi connectivity index (χ1) is 14.6. The number of pyridine rings is 1. The third-order valence-electron chi connectivity index (χ3n) is 4.80. The van der Waals surface area contributed by atoms with E-state index < -0.39 is 0 Å². The lowest BCUT2D eigenvalue weighted by molar-refractivity contribution is -0.122. The van der Waals surface area contributed by atoms with E-state index in [-0.39, 0.29) is 25.1 Å². The number of halogens is 1. The number of hydrogen-bond donors (Lipinski definition) is 1. The summed E-state index contributed by atoms with van der Waals surface area (Å²) >= 11 is 5.93. The molecule has 30 heavy (non-hydrogen) atoms. The Morgan fingerprint density at radius 3 is 2.60 bits per heavy atom. The molecule has 0 bridgehead atoms. The molecule has 1 amide bonds. The van der Waals surface area contributed by atoms with E-state index in [9.17, 15) is 4.79 Å². The third kappa shape index (κ3) is 4.60. The van der Waals surface area contributed by atoms with E-state index >= 15 is 0 Å². The van der Waals surface area contributed by atoms with Crippen molar-refractivity contribution in [2.45, 2.75) is 26.1 Å². The van der Waals surface area contributed by atoms with Gasteiger partial charge in [-0.05, 0) is 61.0 Å². The van der Waals surface area contributed by atoms with E-state index in [1.165, 1.54) is 0 Å². The number of para-hydroxylation sites is 2. The van der Waals surface area contributed by atoms with Gasteiger partial charge in [-0.2, -0.15) is 0 Å². The largest absolute Gasteiger partial charge is 0.486 e. The number of hydrogen-bond acceptors (Lipinski definition) is 4. The van der Waals surface area contributed by atoms with E-state index in [1.807, 2.05) is 47.9 Å². The van der Waals surface area contributed by atoms with Crippen LogP contribution in [0.4, 0.5) is 0 Å². The van der Waals surface area contributed by atoms with Crippen LogP contribution in [0, 0.1) is 0 Å². The molecule has 2 aromatic heterocycles. The minimum Gasteiger partial charge on any atom is -0.486 e. The van der Waals surface area contributed by atoms with Gasteiger partial charge < -0.3 is 14.6 Å². The fourth-order valence-corrected chi connectivity index (χ4v) is 3.38. The highest BCUT2D eigenvalue weighted by atomic mass is 35.5. The first kappa shape index (κ1) is 19.9. The van der Waals surface area contributed by atoms with Gasteiger partial charge in [0.15, 0.2) is 0 Å². The van der Waals surface area contributed by atoms with Crippen LogP contribution in [0.1, 0.15) is 24.4 Å². The summed E-state index contributed by atoms with van der Waals surface area (Å²) < 4.78 is 7.76. The fourth-order valence-electron chi connectivity index (χ4n) is 3.26. The predicted molar refractivity (Wildman–Crippen MR) is 116 cm³/mol. The molecular weight excluding hydrogens is 400 g/mol. The summed E-state index contributed by atoms with van der Waals surface area (Å²) in [7, 11) is 0. The molecule has 152 valence electrons. The van der Waals surface area contributed by atoms with E-state index in [2.05, 4.69) is 15.3 Å². The average molecular weight is 421 g/mol. The standard InChI is InChI=1S/C23H21ClN4O2/c1-16(17-10-12-25-13-11-17)26-23(29)14-28-21-5-3-2-4-20(21)27-22(28)15-30-19-8-6-18(24)7-9-19/h2-13,16H,14-15H2,1H3,(H,26,29). The summed E-state index contributed by atoms with van der Waals surface area (Å²) in [6, 6.07) is 18.5. The van der Waals surface area contributed by atoms with Crippen molar-refractivity contribution in [2.24, 2.45) is 0 Å².